The first-order chi connectivity index (χ1) is 10.6. The van der Waals surface area contributed by atoms with Crippen LogP contribution < -0.4 is 21.5 Å². The molecule has 9 heteroatoms. The van der Waals surface area contributed by atoms with Gasteiger partial charge in [0, 0.05) is 6.42 Å². The summed E-state index contributed by atoms with van der Waals surface area (Å²) < 4.78 is 10.5. The molecule has 1 aromatic rings. The quantitative estimate of drug-likeness (QED) is 0.461. The van der Waals surface area contributed by atoms with Crippen LogP contribution in [0.2, 0.25) is 0 Å². The summed E-state index contributed by atoms with van der Waals surface area (Å²) in [5.74, 6) is 0.308. The zero-order valence-corrected chi connectivity index (χ0v) is 12.6. The van der Waals surface area contributed by atoms with E-state index in [9.17, 15) is 9.59 Å². The number of carbonyl (C=O) groups is 1. The highest BCUT2D eigenvalue weighted by Gasteiger charge is 2.23. The number of anilines is 3. The van der Waals surface area contributed by atoms with Crippen LogP contribution in [0.3, 0.4) is 0 Å². The van der Waals surface area contributed by atoms with E-state index in [4.69, 9.17) is 15.2 Å². The van der Waals surface area contributed by atoms with Crippen molar-refractivity contribution >= 4 is 23.4 Å². The lowest BCUT2D eigenvalue weighted by Gasteiger charge is -2.16. The normalized spacial score (nSPS) is 12.9. The van der Waals surface area contributed by atoms with Crippen LogP contribution in [0.5, 0.6) is 0 Å². The molecule has 9 nitrogen and oxygen atoms in total. The first kappa shape index (κ1) is 16.1. The van der Waals surface area contributed by atoms with Crippen molar-refractivity contribution < 1.29 is 14.3 Å². The molecule has 0 saturated carbocycles. The number of hydrogen-bond acceptors (Lipinski definition) is 8. The standard InChI is InChI=1S/C13H21N5O4/c1-2-3-4-9(19)22-6-5-21-8-18-7-15-10-11(18)16-13(14)17-12(10)20/h15H,2-8H2,1H3,(H3,14,16,17,20). The maximum absolute atomic E-state index is 11.7. The predicted molar refractivity (Wildman–Crippen MR) is 81.5 cm³/mol. The van der Waals surface area contributed by atoms with E-state index in [2.05, 4.69) is 15.3 Å². The van der Waals surface area contributed by atoms with Gasteiger partial charge in [0.15, 0.2) is 5.82 Å². The predicted octanol–water partition coefficient (Wildman–Crippen LogP) is 0.249. The van der Waals surface area contributed by atoms with E-state index in [1.54, 1.807) is 4.90 Å². The van der Waals surface area contributed by atoms with Gasteiger partial charge in [0.05, 0.1) is 13.3 Å². The van der Waals surface area contributed by atoms with Gasteiger partial charge in [-0.3, -0.25) is 14.6 Å². The molecule has 1 aliphatic rings. The van der Waals surface area contributed by atoms with Crippen molar-refractivity contribution in [2.45, 2.75) is 26.2 Å². The fraction of sp³-hybridized carbons (Fsp3) is 0.615. The van der Waals surface area contributed by atoms with Crippen LogP contribution in [0.4, 0.5) is 17.5 Å². The van der Waals surface area contributed by atoms with E-state index >= 15 is 0 Å². The minimum Gasteiger partial charge on any atom is -0.463 e. The van der Waals surface area contributed by atoms with Gasteiger partial charge in [-0.1, -0.05) is 13.3 Å². The Morgan fingerprint density at radius 3 is 3.05 bits per heavy atom. The molecule has 0 radical (unpaired) electrons. The van der Waals surface area contributed by atoms with Crippen molar-refractivity contribution in [3.05, 3.63) is 10.4 Å². The summed E-state index contributed by atoms with van der Waals surface area (Å²) in [5, 5.41) is 2.93. The topological polar surface area (TPSA) is 123 Å². The molecule has 0 atom stereocenters. The Hall–Kier alpha value is -2.29. The average molecular weight is 311 g/mol. The van der Waals surface area contributed by atoms with E-state index in [1.807, 2.05) is 6.92 Å². The van der Waals surface area contributed by atoms with Crippen molar-refractivity contribution in [3.8, 4) is 0 Å². The van der Waals surface area contributed by atoms with Crippen LogP contribution in [0.15, 0.2) is 4.79 Å². The molecule has 2 rings (SSSR count). The van der Waals surface area contributed by atoms with Gasteiger partial charge in [-0.2, -0.15) is 4.98 Å². The number of unbranched alkanes of at least 4 members (excludes halogenated alkanes) is 1. The Kier molecular flexibility index (Phi) is 5.59. The summed E-state index contributed by atoms with van der Waals surface area (Å²) in [6, 6.07) is 0. The minimum absolute atomic E-state index is 0.0577. The van der Waals surface area contributed by atoms with Crippen molar-refractivity contribution in [2.75, 3.05) is 42.6 Å². The number of ether oxygens (including phenoxy) is 2. The number of hydrogen-bond donors (Lipinski definition) is 3. The summed E-state index contributed by atoms with van der Waals surface area (Å²) >= 11 is 0. The van der Waals surface area contributed by atoms with Crippen molar-refractivity contribution in [2.24, 2.45) is 0 Å². The molecule has 2 heterocycles. The Morgan fingerprint density at radius 1 is 1.45 bits per heavy atom. The third-order valence-corrected chi connectivity index (χ3v) is 3.14. The summed E-state index contributed by atoms with van der Waals surface area (Å²) in [4.78, 5) is 31.2. The van der Waals surface area contributed by atoms with Crippen LogP contribution in [0.25, 0.3) is 0 Å². The van der Waals surface area contributed by atoms with Crippen molar-refractivity contribution in [1.82, 2.24) is 9.97 Å². The van der Waals surface area contributed by atoms with Gasteiger partial charge in [0.1, 0.15) is 19.0 Å². The maximum atomic E-state index is 11.7. The highest BCUT2D eigenvalue weighted by atomic mass is 16.6. The summed E-state index contributed by atoms with van der Waals surface area (Å²) in [6.45, 7) is 3.14. The minimum atomic E-state index is -0.310. The number of aromatic amines is 1. The molecule has 0 saturated heterocycles. The summed E-state index contributed by atoms with van der Waals surface area (Å²) in [5.41, 5.74) is 5.59. The lowest BCUT2D eigenvalue weighted by molar-refractivity contribution is -0.145. The first-order valence-electron chi connectivity index (χ1n) is 7.23. The number of nitrogen functional groups attached to an aromatic ring is 1. The molecule has 0 spiro atoms. The SMILES string of the molecule is CCCCC(=O)OCCOCN1CNc2c1nc(N)[nH]c2=O. The number of carbonyl (C=O) groups excluding carboxylic acids is 1. The number of nitrogens with two attached hydrogens (primary N) is 1. The van der Waals surface area contributed by atoms with Gasteiger partial charge in [-0.25, -0.2) is 0 Å². The number of H-pyrrole nitrogens is 1. The zero-order chi connectivity index (χ0) is 15.9. The van der Waals surface area contributed by atoms with Crippen molar-refractivity contribution in [3.63, 3.8) is 0 Å². The maximum Gasteiger partial charge on any atom is 0.305 e. The van der Waals surface area contributed by atoms with E-state index in [1.165, 1.54) is 0 Å². The van der Waals surface area contributed by atoms with Crippen LogP contribution in [-0.2, 0) is 14.3 Å². The highest BCUT2D eigenvalue weighted by Crippen LogP contribution is 2.24. The molecule has 122 valence electrons. The third-order valence-electron chi connectivity index (χ3n) is 3.14. The highest BCUT2D eigenvalue weighted by molar-refractivity contribution is 5.70. The molecule has 0 aromatic carbocycles. The van der Waals surface area contributed by atoms with Gasteiger partial charge in [-0.15, -0.1) is 0 Å². The molecular formula is C13H21N5O4. The van der Waals surface area contributed by atoms with E-state index in [0.29, 0.717) is 24.6 Å². The summed E-state index contributed by atoms with van der Waals surface area (Å²) in [7, 11) is 0. The molecule has 22 heavy (non-hydrogen) atoms. The monoisotopic (exact) mass is 311 g/mol. The molecule has 1 aromatic heterocycles. The molecule has 4 N–H and O–H groups in total. The fourth-order valence-corrected chi connectivity index (χ4v) is 2.01. The van der Waals surface area contributed by atoms with E-state index < -0.39 is 0 Å². The second-order valence-corrected chi connectivity index (χ2v) is 4.89. The molecule has 1 aliphatic heterocycles. The molecule has 0 bridgehead atoms. The van der Waals surface area contributed by atoms with E-state index in [0.717, 1.165) is 12.8 Å². The van der Waals surface area contributed by atoms with E-state index in [-0.39, 0.29) is 37.4 Å². The number of nitrogens with zero attached hydrogens (tertiary/aromatic N) is 2. The lowest BCUT2D eigenvalue weighted by Crippen LogP contribution is -2.27. The van der Waals surface area contributed by atoms with Crippen LogP contribution in [0.1, 0.15) is 26.2 Å². The number of aromatic nitrogens is 2. The van der Waals surface area contributed by atoms with Crippen LogP contribution in [-0.4, -0.2) is 42.6 Å². The van der Waals surface area contributed by atoms with Crippen LogP contribution >= 0.6 is 0 Å². The second kappa shape index (κ2) is 7.64. The average Bonchev–Trinajstić information content (AvgIpc) is 2.88. The molecule has 0 fully saturated rings. The first-order valence-corrected chi connectivity index (χ1v) is 7.23. The zero-order valence-electron chi connectivity index (χ0n) is 12.6. The molecule has 0 unspecified atom stereocenters. The number of esters is 1. The Morgan fingerprint density at radius 2 is 2.27 bits per heavy atom. The Labute approximate surface area is 127 Å². The largest absolute Gasteiger partial charge is 0.463 e. The van der Waals surface area contributed by atoms with Gasteiger partial charge >= 0.3 is 5.97 Å². The smallest absolute Gasteiger partial charge is 0.305 e. The number of nitrogens with one attached hydrogen (secondary N) is 2. The fourth-order valence-electron chi connectivity index (χ4n) is 2.01. The van der Waals surface area contributed by atoms with Crippen molar-refractivity contribution in [1.29, 1.82) is 0 Å². The molecular weight excluding hydrogens is 290 g/mol. The van der Waals surface area contributed by atoms with Gasteiger partial charge < -0.3 is 25.4 Å². The summed E-state index contributed by atoms with van der Waals surface area (Å²) in [6.07, 6.45) is 2.23. The second-order valence-electron chi connectivity index (χ2n) is 4.89. The van der Waals surface area contributed by atoms with Gasteiger partial charge in [0.2, 0.25) is 5.95 Å². The number of rotatable bonds is 8. The number of fused-ring (bicyclic) bond motifs is 1. The van der Waals surface area contributed by atoms with Gasteiger partial charge in [0.25, 0.3) is 5.56 Å². The van der Waals surface area contributed by atoms with Gasteiger partial charge in [-0.05, 0) is 6.42 Å². The Bertz CT molecular complexity index is 574. The lowest BCUT2D eigenvalue weighted by atomic mass is 10.2. The third kappa shape index (κ3) is 4.10. The van der Waals surface area contributed by atoms with Crippen LogP contribution in [0, 0.1) is 0 Å². The Balaban J connectivity index is 1.72. The molecule has 0 aliphatic carbocycles. The molecule has 0 amide bonds.